The summed E-state index contributed by atoms with van der Waals surface area (Å²) in [7, 11) is 2.12. The van der Waals surface area contributed by atoms with E-state index in [1.807, 2.05) is 12.1 Å². The van der Waals surface area contributed by atoms with Gasteiger partial charge in [0.2, 0.25) is 0 Å². The van der Waals surface area contributed by atoms with Crippen LogP contribution in [0.2, 0.25) is 0 Å². The fourth-order valence-corrected chi connectivity index (χ4v) is 5.13. The number of piperidine rings is 1. The molecule has 1 saturated heterocycles. The number of nitrogens with zero attached hydrogens (tertiary/aromatic N) is 2. The molecule has 5 rings (SSSR count). The number of rotatable bonds is 4. The van der Waals surface area contributed by atoms with E-state index < -0.39 is 11.3 Å². The Bertz CT molecular complexity index is 1000. The summed E-state index contributed by atoms with van der Waals surface area (Å²) < 4.78 is 0. The minimum absolute atomic E-state index is 0.716. The minimum atomic E-state index is -0.729. The van der Waals surface area contributed by atoms with Crippen LogP contribution in [0.15, 0.2) is 78.9 Å². The van der Waals surface area contributed by atoms with Crippen molar-refractivity contribution in [3.8, 4) is 0 Å². The van der Waals surface area contributed by atoms with Gasteiger partial charge in [0.05, 0.1) is 5.60 Å². The molecule has 1 fully saturated rings. The average molecular weight is 414 g/mol. The molecule has 31 heavy (non-hydrogen) atoms. The van der Waals surface area contributed by atoms with E-state index in [2.05, 4.69) is 83.6 Å². The van der Waals surface area contributed by atoms with Crippen molar-refractivity contribution in [2.75, 3.05) is 20.1 Å². The van der Waals surface area contributed by atoms with Gasteiger partial charge in [-0.3, -0.25) is 4.90 Å². The van der Waals surface area contributed by atoms with E-state index in [1.165, 1.54) is 11.1 Å². The third-order valence-electron chi connectivity index (χ3n) is 7.21. The van der Waals surface area contributed by atoms with Crippen LogP contribution in [0.4, 0.5) is 0 Å². The number of nitrogens with two attached hydrogens (primary N) is 1. The summed E-state index contributed by atoms with van der Waals surface area (Å²) in [5, 5.41) is 11.3. The molecule has 3 N–H and O–H groups in total. The molecule has 0 amide bonds. The molecule has 2 aliphatic heterocycles. The highest BCUT2D eigenvalue weighted by Gasteiger charge is 2.40. The molecule has 0 spiro atoms. The van der Waals surface area contributed by atoms with Gasteiger partial charge < -0.3 is 15.7 Å². The Morgan fingerprint density at radius 1 is 0.806 bits per heavy atom. The van der Waals surface area contributed by atoms with Crippen LogP contribution in [0.3, 0.4) is 0 Å². The van der Waals surface area contributed by atoms with E-state index in [1.54, 1.807) is 0 Å². The van der Waals surface area contributed by atoms with E-state index >= 15 is 0 Å². The third kappa shape index (κ3) is 3.60. The van der Waals surface area contributed by atoms with Crippen molar-refractivity contribution in [2.45, 2.75) is 37.2 Å². The second-order valence-corrected chi connectivity index (χ2v) is 9.17. The first-order valence-electron chi connectivity index (χ1n) is 11.2. The Labute approximate surface area is 184 Å². The topological polar surface area (TPSA) is 52.7 Å². The van der Waals surface area contributed by atoms with Crippen LogP contribution < -0.4 is 5.73 Å². The zero-order valence-electron chi connectivity index (χ0n) is 18.2. The van der Waals surface area contributed by atoms with Gasteiger partial charge >= 0.3 is 0 Å². The smallest absolute Gasteiger partial charge is 0.122 e. The standard InChI is InChI=1S/C27H31N3O/c1-29-16-14-26(31,15-17-29)25-13-12-21-19-30(20-22(21)18-25)27(28,23-8-4-2-5-9-23)24-10-6-3-7-11-24/h2-13,18,31H,14-17,19-20,28H2,1H3. The molecule has 0 unspecified atom stereocenters. The Hall–Kier alpha value is -2.50. The SMILES string of the molecule is CN1CCC(O)(c2ccc3c(c2)CN(C(N)(c2ccccc2)c2ccccc2)C3)CC1. The summed E-state index contributed by atoms with van der Waals surface area (Å²) in [6, 6.07) is 27.3. The van der Waals surface area contributed by atoms with Gasteiger partial charge in [-0.05, 0) is 47.7 Å². The van der Waals surface area contributed by atoms with Crippen LogP contribution >= 0.6 is 0 Å². The van der Waals surface area contributed by atoms with Gasteiger partial charge in [-0.2, -0.15) is 0 Å². The van der Waals surface area contributed by atoms with Gasteiger partial charge in [0, 0.05) is 26.2 Å². The molecular formula is C27H31N3O. The van der Waals surface area contributed by atoms with Crippen LogP contribution in [0.5, 0.6) is 0 Å². The van der Waals surface area contributed by atoms with Crippen molar-refractivity contribution in [1.82, 2.24) is 9.80 Å². The monoisotopic (exact) mass is 413 g/mol. The number of aliphatic hydroxyl groups is 1. The van der Waals surface area contributed by atoms with Crippen LogP contribution in [0.25, 0.3) is 0 Å². The first-order valence-corrected chi connectivity index (χ1v) is 11.2. The maximum Gasteiger partial charge on any atom is 0.122 e. The molecule has 3 aromatic carbocycles. The Morgan fingerprint density at radius 3 is 1.94 bits per heavy atom. The Morgan fingerprint density at radius 2 is 1.35 bits per heavy atom. The summed E-state index contributed by atoms with van der Waals surface area (Å²) in [5.41, 5.74) is 11.6. The predicted molar refractivity (Wildman–Crippen MR) is 124 cm³/mol. The molecule has 2 heterocycles. The molecule has 160 valence electrons. The molecule has 4 heteroatoms. The second kappa shape index (κ2) is 7.88. The lowest BCUT2D eigenvalue weighted by Crippen LogP contribution is -2.51. The molecule has 0 saturated carbocycles. The number of hydrogen-bond acceptors (Lipinski definition) is 4. The first kappa shape index (κ1) is 20.4. The van der Waals surface area contributed by atoms with Crippen molar-refractivity contribution >= 4 is 0 Å². The van der Waals surface area contributed by atoms with Crippen LogP contribution in [0, 0.1) is 0 Å². The summed E-state index contributed by atoms with van der Waals surface area (Å²) in [6.45, 7) is 3.40. The second-order valence-electron chi connectivity index (χ2n) is 9.17. The molecule has 2 aliphatic rings. The van der Waals surface area contributed by atoms with E-state index in [0.29, 0.717) is 0 Å². The number of fused-ring (bicyclic) bond motifs is 1. The van der Waals surface area contributed by atoms with Crippen LogP contribution in [0.1, 0.15) is 40.7 Å². The fraction of sp³-hybridized carbons (Fsp3) is 0.333. The van der Waals surface area contributed by atoms with Gasteiger partial charge in [-0.15, -0.1) is 0 Å². The molecule has 0 atom stereocenters. The lowest BCUT2D eigenvalue weighted by Gasteiger charge is -2.39. The van der Waals surface area contributed by atoms with Gasteiger partial charge in [0.1, 0.15) is 5.66 Å². The van der Waals surface area contributed by atoms with Crippen molar-refractivity contribution in [2.24, 2.45) is 5.73 Å². The molecular weight excluding hydrogens is 382 g/mol. The maximum atomic E-state index is 11.3. The van der Waals surface area contributed by atoms with Crippen LogP contribution in [-0.4, -0.2) is 35.0 Å². The first-order chi connectivity index (χ1) is 15.0. The van der Waals surface area contributed by atoms with E-state index in [0.717, 1.165) is 55.7 Å². The van der Waals surface area contributed by atoms with Crippen molar-refractivity contribution in [3.63, 3.8) is 0 Å². The Kier molecular flexibility index (Phi) is 5.19. The molecule has 0 aromatic heterocycles. The lowest BCUT2D eigenvalue weighted by molar-refractivity contribution is -0.0203. The highest BCUT2D eigenvalue weighted by atomic mass is 16.3. The predicted octanol–water partition coefficient (Wildman–Crippen LogP) is 3.78. The summed E-state index contributed by atoms with van der Waals surface area (Å²) in [5.74, 6) is 0. The molecule has 4 nitrogen and oxygen atoms in total. The molecule has 0 radical (unpaired) electrons. The van der Waals surface area contributed by atoms with Crippen molar-refractivity contribution < 1.29 is 5.11 Å². The van der Waals surface area contributed by atoms with Crippen molar-refractivity contribution in [1.29, 1.82) is 0 Å². The number of hydrogen-bond donors (Lipinski definition) is 2. The summed E-state index contributed by atoms with van der Waals surface area (Å²) in [6.07, 6.45) is 1.56. The average Bonchev–Trinajstić information content (AvgIpc) is 3.26. The van der Waals surface area contributed by atoms with Gasteiger partial charge in [0.25, 0.3) is 0 Å². The summed E-state index contributed by atoms with van der Waals surface area (Å²) >= 11 is 0. The van der Waals surface area contributed by atoms with Gasteiger partial charge in [0.15, 0.2) is 0 Å². The number of benzene rings is 3. The number of likely N-dealkylation sites (tertiary alicyclic amines) is 1. The van der Waals surface area contributed by atoms with Crippen molar-refractivity contribution in [3.05, 3.63) is 107 Å². The molecule has 0 bridgehead atoms. The maximum absolute atomic E-state index is 11.3. The lowest BCUT2D eigenvalue weighted by atomic mass is 9.83. The largest absolute Gasteiger partial charge is 0.385 e. The highest BCUT2D eigenvalue weighted by molar-refractivity contribution is 5.42. The third-order valence-corrected chi connectivity index (χ3v) is 7.21. The van der Waals surface area contributed by atoms with Crippen LogP contribution in [-0.2, 0) is 24.4 Å². The zero-order valence-corrected chi connectivity index (χ0v) is 18.2. The normalized spacial score (nSPS) is 19.3. The Balaban J connectivity index is 1.49. The van der Waals surface area contributed by atoms with Gasteiger partial charge in [-0.1, -0.05) is 78.9 Å². The zero-order chi connectivity index (χ0) is 21.5. The summed E-state index contributed by atoms with van der Waals surface area (Å²) in [4.78, 5) is 4.64. The fourth-order valence-electron chi connectivity index (χ4n) is 5.13. The molecule has 0 aliphatic carbocycles. The van der Waals surface area contributed by atoms with E-state index in [9.17, 15) is 5.11 Å². The van der Waals surface area contributed by atoms with E-state index in [4.69, 9.17) is 5.73 Å². The quantitative estimate of drug-likeness (QED) is 0.684. The molecule has 3 aromatic rings. The minimum Gasteiger partial charge on any atom is -0.385 e. The highest BCUT2D eigenvalue weighted by Crippen LogP contribution is 2.40. The van der Waals surface area contributed by atoms with E-state index in [-0.39, 0.29) is 0 Å². The van der Waals surface area contributed by atoms with Gasteiger partial charge in [-0.25, -0.2) is 0 Å².